The molecule has 0 saturated heterocycles. The highest BCUT2D eigenvalue weighted by molar-refractivity contribution is 6.00. The van der Waals surface area contributed by atoms with Crippen LogP contribution < -0.4 is 11.5 Å². The van der Waals surface area contributed by atoms with Crippen LogP contribution in [0.5, 0.6) is 0 Å². The molecule has 1 rings (SSSR count). The summed E-state index contributed by atoms with van der Waals surface area (Å²) in [5.41, 5.74) is 12.8. The van der Waals surface area contributed by atoms with Crippen molar-refractivity contribution in [2.24, 2.45) is 11.5 Å². The average Bonchev–Trinajstić information content (AvgIpc) is 2.24. The van der Waals surface area contributed by atoms with Gasteiger partial charge in [0.05, 0.1) is 0 Å². The van der Waals surface area contributed by atoms with E-state index in [4.69, 9.17) is 11.5 Å². The molecule has 1 aromatic carbocycles. The Labute approximate surface area is 120 Å². The first kappa shape index (κ1) is 16.2. The maximum atomic E-state index is 11.7. The third kappa shape index (κ3) is 3.00. The summed E-state index contributed by atoms with van der Waals surface area (Å²) in [6.45, 7) is 12.0. The number of rotatable bonds is 2. The molecule has 4 nitrogen and oxygen atoms in total. The molecule has 0 radical (unpaired) electrons. The van der Waals surface area contributed by atoms with Crippen LogP contribution in [0.4, 0.5) is 0 Å². The SMILES string of the molecule is CC(C)(C)c1c(C(N)=O)ccc(C(N)=O)c1C(C)(C)C. The monoisotopic (exact) mass is 276 g/mol. The van der Waals surface area contributed by atoms with Crippen LogP contribution in [-0.2, 0) is 10.8 Å². The Kier molecular flexibility index (Phi) is 3.99. The predicted octanol–water partition coefficient (Wildman–Crippen LogP) is 2.48. The largest absolute Gasteiger partial charge is 0.366 e. The second-order valence-electron chi connectivity index (χ2n) is 7.14. The van der Waals surface area contributed by atoms with Gasteiger partial charge >= 0.3 is 0 Å². The van der Waals surface area contributed by atoms with Crippen molar-refractivity contribution >= 4 is 11.8 Å². The lowest BCUT2D eigenvalue weighted by Crippen LogP contribution is -2.31. The summed E-state index contributed by atoms with van der Waals surface area (Å²) in [6.07, 6.45) is 0. The van der Waals surface area contributed by atoms with Crippen molar-refractivity contribution < 1.29 is 9.59 Å². The van der Waals surface area contributed by atoms with Gasteiger partial charge in [0.25, 0.3) is 0 Å². The summed E-state index contributed by atoms with van der Waals surface area (Å²) in [6, 6.07) is 3.19. The van der Waals surface area contributed by atoms with Crippen LogP contribution in [0.15, 0.2) is 12.1 Å². The van der Waals surface area contributed by atoms with Gasteiger partial charge in [-0.05, 0) is 34.1 Å². The highest BCUT2D eigenvalue weighted by atomic mass is 16.1. The summed E-state index contributed by atoms with van der Waals surface area (Å²) >= 11 is 0. The van der Waals surface area contributed by atoms with Gasteiger partial charge in [-0.15, -0.1) is 0 Å². The van der Waals surface area contributed by atoms with Crippen LogP contribution in [0.1, 0.15) is 73.4 Å². The van der Waals surface area contributed by atoms with Crippen LogP contribution >= 0.6 is 0 Å². The van der Waals surface area contributed by atoms with Gasteiger partial charge in [0.15, 0.2) is 0 Å². The minimum absolute atomic E-state index is 0.321. The van der Waals surface area contributed by atoms with Gasteiger partial charge < -0.3 is 11.5 Å². The summed E-state index contributed by atoms with van der Waals surface area (Å²) in [5, 5.41) is 0. The minimum Gasteiger partial charge on any atom is -0.366 e. The van der Waals surface area contributed by atoms with Gasteiger partial charge in [-0.25, -0.2) is 0 Å². The Hall–Kier alpha value is -1.84. The third-order valence-electron chi connectivity index (χ3n) is 3.24. The number of carbonyl (C=O) groups is 2. The molecule has 4 N–H and O–H groups in total. The zero-order chi connectivity index (χ0) is 15.9. The number of carbonyl (C=O) groups excluding carboxylic acids is 2. The highest BCUT2D eigenvalue weighted by Crippen LogP contribution is 2.38. The molecule has 0 spiro atoms. The predicted molar refractivity (Wildman–Crippen MR) is 80.9 cm³/mol. The van der Waals surface area contributed by atoms with Crippen molar-refractivity contribution in [3.05, 3.63) is 34.4 Å². The molecule has 0 aliphatic carbocycles. The molecule has 0 saturated carbocycles. The molecule has 0 heterocycles. The zero-order valence-electron chi connectivity index (χ0n) is 13.1. The maximum Gasteiger partial charge on any atom is 0.249 e. The zero-order valence-corrected chi connectivity index (χ0v) is 13.1. The summed E-state index contributed by atoms with van der Waals surface area (Å²) < 4.78 is 0. The number of primary amides is 2. The van der Waals surface area contributed by atoms with E-state index < -0.39 is 11.8 Å². The second-order valence-corrected chi connectivity index (χ2v) is 7.14. The molecule has 0 unspecified atom stereocenters. The molecule has 0 aliphatic rings. The van der Waals surface area contributed by atoms with Crippen LogP contribution in [0.3, 0.4) is 0 Å². The first-order valence-corrected chi connectivity index (χ1v) is 6.65. The van der Waals surface area contributed by atoms with E-state index in [9.17, 15) is 9.59 Å². The summed E-state index contributed by atoms with van der Waals surface area (Å²) in [4.78, 5) is 23.5. The quantitative estimate of drug-likeness (QED) is 0.869. The minimum atomic E-state index is -0.489. The van der Waals surface area contributed by atoms with Crippen molar-refractivity contribution in [1.29, 1.82) is 0 Å². The number of benzene rings is 1. The van der Waals surface area contributed by atoms with Gasteiger partial charge in [-0.1, -0.05) is 41.5 Å². The number of hydrogen-bond acceptors (Lipinski definition) is 2. The summed E-state index contributed by atoms with van der Waals surface area (Å²) in [5.74, 6) is -0.979. The molecule has 0 fully saturated rings. The van der Waals surface area contributed by atoms with Gasteiger partial charge in [0.1, 0.15) is 0 Å². The normalized spacial score (nSPS) is 12.3. The molecule has 0 aromatic heterocycles. The van der Waals surface area contributed by atoms with Crippen molar-refractivity contribution in [1.82, 2.24) is 0 Å². The highest BCUT2D eigenvalue weighted by Gasteiger charge is 2.32. The molecular formula is C16H24N2O2. The summed E-state index contributed by atoms with van der Waals surface area (Å²) in [7, 11) is 0. The topological polar surface area (TPSA) is 86.2 Å². The fourth-order valence-electron chi connectivity index (χ4n) is 2.57. The molecule has 110 valence electrons. The Morgan fingerprint density at radius 1 is 0.750 bits per heavy atom. The van der Waals surface area contributed by atoms with Crippen LogP contribution in [-0.4, -0.2) is 11.8 Å². The standard InChI is InChI=1S/C16H24N2O2/c1-15(2,3)11-9(13(17)19)7-8-10(14(18)20)12(11)16(4,5)6/h7-8H,1-6H3,(H2,17,19)(H2,18,20). The molecule has 20 heavy (non-hydrogen) atoms. The Morgan fingerprint density at radius 2 is 1.00 bits per heavy atom. The molecule has 4 heteroatoms. The molecule has 0 bridgehead atoms. The average molecular weight is 276 g/mol. The van der Waals surface area contributed by atoms with Gasteiger partial charge in [0, 0.05) is 11.1 Å². The second kappa shape index (κ2) is 4.93. The van der Waals surface area contributed by atoms with E-state index in [1.165, 1.54) is 0 Å². The van der Waals surface area contributed by atoms with Crippen molar-refractivity contribution in [2.75, 3.05) is 0 Å². The lowest BCUT2D eigenvalue weighted by atomic mass is 9.71. The number of hydrogen-bond donors (Lipinski definition) is 2. The Bertz CT molecular complexity index is 510. The lowest BCUT2D eigenvalue weighted by molar-refractivity contribution is 0.0984. The van der Waals surface area contributed by atoms with Crippen molar-refractivity contribution in [3.63, 3.8) is 0 Å². The van der Waals surface area contributed by atoms with E-state index >= 15 is 0 Å². The van der Waals surface area contributed by atoms with E-state index in [1.54, 1.807) is 12.1 Å². The van der Waals surface area contributed by atoms with E-state index in [0.29, 0.717) is 11.1 Å². The fourth-order valence-corrected chi connectivity index (χ4v) is 2.57. The van der Waals surface area contributed by atoms with E-state index in [2.05, 4.69) is 0 Å². The first-order chi connectivity index (χ1) is 8.87. The Balaban J connectivity index is 3.94. The van der Waals surface area contributed by atoms with Gasteiger partial charge in [-0.2, -0.15) is 0 Å². The van der Waals surface area contributed by atoms with E-state index in [1.807, 2.05) is 41.5 Å². The third-order valence-corrected chi connectivity index (χ3v) is 3.24. The van der Waals surface area contributed by atoms with Crippen LogP contribution in [0.2, 0.25) is 0 Å². The maximum absolute atomic E-state index is 11.7. The first-order valence-electron chi connectivity index (χ1n) is 6.65. The molecule has 0 aliphatic heterocycles. The van der Waals surface area contributed by atoms with E-state index in [-0.39, 0.29) is 10.8 Å². The Morgan fingerprint density at radius 3 is 1.15 bits per heavy atom. The van der Waals surface area contributed by atoms with E-state index in [0.717, 1.165) is 11.1 Å². The molecule has 2 amide bonds. The number of amides is 2. The van der Waals surface area contributed by atoms with Gasteiger partial charge in [-0.3, -0.25) is 9.59 Å². The van der Waals surface area contributed by atoms with Crippen LogP contribution in [0.25, 0.3) is 0 Å². The van der Waals surface area contributed by atoms with Gasteiger partial charge in [0.2, 0.25) is 11.8 Å². The lowest BCUT2D eigenvalue weighted by Gasteiger charge is -2.33. The molecule has 1 aromatic rings. The smallest absolute Gasteiger partial charge is 0.249 e. The molecular weight excluding hydrogens is 252 g/mol. The molecule has 0 atom stereocenters. The van der Waals surface area contributed by atoms with Crippen molar-refractivity contribution in [2.45, 2.75) is 52.4 Å². The number of nitrogens with two attached hydrogens (primary N) is 2. The van der Waals surface area contributed by atoms with Crippen molar-refractivity contribution in [3.8, 4) is 0 Å². The van der Waals surface area contributed by atoms with Crippen LogP contribution in [0, 0.1) is 0 Å². The fraction of sp³-hybridized carbons (Fsp3) is 0.500.